The molecular formula is C17H19ClFNO. The largest absolute Gasteiger partial charge is 0.388 e. The van der Waals surface area contributed by atoms with Crippen molar-refractivity contribution < 1.29 is 9.50 Å². The molecule has 0 fully saturated rings. The van der Waals surface area contributed by atoms with E-state index >= 15 is 0 Å². The Labute approximate surface area is 129 Å². The van der Waals surface area contributed by atoms with Gasteiger partial charge < -0.3 is 10.0 Å². The van der Waals surface area contributed by atoms with Crippen LogP contribution >= 0.6 is 11.6 Å². The Kier molecular flexibility index (Phi) is 5.74. The molecule has 2 aromatic carbocycles. The first-order valence-electron chi connectivity index (χ1n) is 6.91. The van der Waals surface area contributed by atoms with Crippen LogP contribution in [0.3, 0.4) is 0 Å². The molecular weight excluding hydrogens is 289 g/mol. The Morgan fingerprint density at radius 2 is 1.95 bits per heavy atom. The molecule has 21 heavy (non-hydrogen) atoms. The molecule has 112 valence electrons. The number of hydrogen-bond acceptors (Lipinski definition) is 2. The highest BCUT2D eigenvalue weighted by molar-refractivity contribution is 6.30. The number of rotatable bonds is 6. The number of aliphatic hydroxyl groups excluding tert-OH is 1. The minimum Gasteiger partial charge on any atom is -0.388 e. The maximum Gasteiger partial charge on any atom is 0.123 e. The number of benzene rings is 2. The summed E-state index contributed by atoms with van der Waals surface area (Å²) in [5.41, 5.74) is 1.75. The zero-order chi connectivity index (χ0) is 15.2. The molecule has 1 unspecified atom stereocenters. The fourth-order valence-electron chi connectivity index (χ4n) is 2.25. The van der Waals surface area contributed by atoms with Crippen molar-refractivity contribution >= 4 is 11.6 Å². The van der Waals surface area contributed by atoms with Crippen molar-refractivity contribution in [1.29, 1.82) is 0 Å². The van der Waals surface area contributed by atoms with E-state index in [0.29, 0.717) is 18.5 Å². The average Bonchev–Trinajstić information content (AvgIpc) is 2.45. The summed E-state index contributed by atoms with van der Waals surface area (Å²) >= 11 is 5.96. The third kappa shape index (κ3) is 5.12. The SMILES string of the molecule is CN(CCC(O)c1cccc(F)c1)Cc1cccc(Cl)c1. The second-order valence-corrected chi connectivity index (χ2v) is 5.66. The van der Waals surface area contributed by atoms with Gasteiger partial charge in [-0.2, -0.15) is 0 Å². The summed E-state index contributed by atoms with van der Waals surface area (Å²) in [6.45, 7) is 1.47. The molecule has 0 radical (unpaired) electrons. The van der Waals surface area contributed by atoms with E-state index in [1.807, 2.05) is 31.3 Å². The van der Waals surface area contributed by atoms with Crippen LogP contribution in [-0.4, -0.2) is 23.6 Å². The van der Waals surface area contributed by atoms with E-state index < -0.39 is 6.10 Å². The fraction of sp³-hybridized carbons (Fsp3) is 0.294. The Bertz CT molecular complexity index is 591. The monoisotopic (exact) mass is 307 g/mol. The van der Waals surface area contributed by atoms with Gasteiger partial charge in [-0.25, -0.2) is 4.39 Å². The van der Waals surface area contributed by atoms with Crippen LogP contribution in [0.4, 0.5) is 4.39 Å². The topological polar surface area (TPSA) is 23.5 Å². The number of aliphatic hydroxyl groups is 1. The Morgan fingerprint density at radius 1 is 1.19 bits per heavy atom. The second kappa shape index (κ2) is 7.55. The maximum absolute atomic E-state index is 13.1. The van der Waals surface area contributed by atoms with Crippen LogP contribution < -0.4 is 0 Å². The molecule has 0 spiro atoms. The first kappa shape index (κ1) is 16.0. The summed E-state index contributed by atoms with van der Waals surface area (Å²) in [5, 5.41) is 10.8. The Morgan fingerprint density at radius 3 is 2.67 bits per heavy atom. The molecule has 0 bridgehead atoms. The minimum absolute atomic E-state index is 0.321. The molecule has 0 saturated heterocycles. The van der Waals surface area contributed by atoms with Crippen LogP contribution in [0, 0.1) is 5.82 Å². The standard InChI is InChI=1S/C17H19ClFNO/c1-20(12-13-4-2-6-15(18)10-13)9-8-17(21)14-5-3-7-16(19)11-14/h2-7,10-11,17,21H,8-9,12H2,1H3. The lowest BCUT2D eigenvalue weighted by Crippen LogP contribution is -2.21. The molecule has 2 aromatic rings. The van der Waals surface area contributed by atoms with Gasteiger partial charge in [-0.1, -0.05) is 35.9 Å². The third-order valence-electron chi connectivity index (χ3n) is 3.36. The van der Waals surface area contributed by atoms with E-state index in [9.17, 15) is 9.50 Å². The molecule has 2 rings (SSSR count). The van der Waals surface area contributed by atoms with Crippen molar-refractivity contribution in [1.82, 2.24) is 4.90 Å². The summed E-state index contributed by atoms with van der Waals surface area (Å²) in [5.74, 6) is -0.321. The van der Waals surface area contributed by atoms with E-state index in [1.165, 1.54) is 12.1 Å². The van der Waals surface area contributed by atoms with Crippen LogP contribution in [0.25, 0.3) is 0 Å². The van der Waals surface area contributed by atoms with Crippen LogP contribution in [0.5, 0.6) is 0 Å². The van der Waals surface area contributed by atoms with Crippen LogP contribution in [0.15, 0.2) is 48.5 Å². The van der Waals surface area contributed by atoms with Crippen LogP contribution in [0.2, 0.25) is 5.02 Å². The Hall–Kier alpha value is -1.42. The summed E-state index contributed by atoms with van der Waals surface area (Å²) in [6.07, 6.45) is -0.0944. The predicted molar refractivity (Wildman–Crippen MR) is 83.8 cm³/mol. The van der Waals surface area contributed by atoms with Gasteiger partial charge in [-0.05, 0) is 48.9 Å². The molecule has 0 saturated carbocycles. The van der Waals surface area contributed by atoms with Gasteiger partial charge in [0.05, 0.1) is 6.10 Å². The van der Waals surface area contributed by atoms with Crippen molar-refractivity contribution in [2.75, 3.05) is 13.6 Å². The van der Waals surface area contributed by atoms with E-state index in [-0.39, 0.29) is 5.82 Å². The molecule has 1 N–H and O–H groups in total. The van der Waals surface area contributed by atoms with E-state index in [4.69, 9.17) is 11.6 Å². The average molecular weight is 308 g/mol. The van der Waals surface area contributed by atoms with Gasteiger partial charge in [0, 0.05) is 18.1 Å². The highest BCUT2D eigenvalue weighted by Crippen LogP contribution is 2.18. The van der Waals surface area contributed by atoms with Gasteiger partial charge in [0.1, 0.15) is 5.82 Å². The molecule has 0 aliphatic heterocycles. The number of hydrogen-bond donors (Lipinski definition) is 1. The summed E-state index contributed by atoms with van der Waals surface area (Å²) in [7, 11) is 1.99. The predicted octanol–water partition coefficient (Wildman–Crippen LogP) is 4.03. The van der Waals surface area contributed by atoms with E-state index in [2.05, 4.69) is 4.90 Å². The van der Waals surface area contributed by atoms with Crippen LogP contribution in [-0.2, 0) is 6.54 Å². The van der Waals surface area contributed by atoms with Crippen molar-refractivity contribution in [3.8, 4) is 0 Å². The maximum atomic E-state index is 13.1. The van der Waals surface area contributed by atoms with Crippen molar-refractivity contribution in [3.05, 3.63) is 70.5 Å². The van der Waals surface area contributed by atoms with Gasteiger partial charge in [0.2, 0.25) is 0 Å². The third-order valence-corrected chi connectivity index (χ3v) is 3.59. The lowest BCUT2D eigenvalue weighted by Gasteiger charge is -2.19. The number of nitrogens with zero attached hydrogens (tertiary/aromatic N) is 1. The lowest BCUT2D eigenvalue weighted by molar-refractivity contribution is 0.147. The zero-order valence-corrected chi connectivity index (χ0v) is 12.7. The fourth-order valence-corrected chi connectivity index (χ4v) is 2.46. The second-order valence-electron chi connectivity index (χ2n) is 5.23. The molecule has 4 heteroatoms. The highest BCUT2D eigenvalue weighted by atomic mass is 35.5. The smallest absolute Gasteiger partial charge is 0.123 e. The quantitative estimate of drug-likeness (QED) is 0.871. The normalized spacial score (nSPS) is 12.6. The van der Waals surface area contributed by atoms with Crippen molar-refractivity contribution in [2.45, 2.75) is 19.1 Å². The van der Waals surface area contributed by atoms with Crippen molar-refractivity contribution in [3.63, 3.8) is 0 Å². The highest BCUT2D eigenvalue weighted by Gasteiger charge is 2.10. The van der Waals surface area contributed by atoms with E-state index in [0.717, 1.165) is 17.1 Å². The molecule has 0 aliphatic rings. The summed E-state index contributed by atoms with van der Waals surface area (Å²) in [4.78, 5) is 2.11. The van der Waals surface area contributed by atoms with Crippen LogP contribution in [0.1, 0.15) is 23.7 Å². The zero-order valence-electron chi connectivity index (χ0n) is 12.0. The van der Waals surface area contributed by atoms with Gasteiger partial charge in [-0.15, -0.1) is 0 Å². The summed E-state index contributed by atoms with van der Waals surface area (Å²) in [6, 6.07) is 13.8. The van der Waals surface area contributed by atoms with Crippen molar-refractivity contribution in [2.24, 2.45) is 0 Å². The van der Waals surface area contributed by atoms with Gasteiger partial charge >= 0.3 is 0 Å². The van der Waals surface area contributed by atoms with Gasteiger partial charge in [-0.3, -0.25) is 0 Å². The number of halogens is 2. The first-order valence-corrected chi connectivity index (χ1v) is 7.29. The molecule has 0 amide bonds. The minimum atomic E-state index is -0.650. The summed E-state index contributed by atoms with van der Waals surface area (Å²) < 4.78 is 13.1. The molecule has 0 aliphatic carbocycles. The van der Waals surface area contributed by atoms with Gasteiger partial charge in [0.15, 0.2) is 0 Å². The molecule has 0 aromatic heterocycles. The molecule has 2 nitrogen and oxygen atoms in total. The first-order chi connectivity index (χ1) is 10.0. The Balaban J connectivity index is 1.85. The molecule has 0 heterocycles. The molecule has 1 atom stereocenters. The van der Waals surface area contributed by atoms with E-state index in [1.54, 1.807) is 12.1 Å². The lowest BCUT2D eigenvalue weighted by atomic mass is 10.1. The van der Waals surface area contributed by atoms with Gasteiger partial charge in [0.25, 0.3) is 0 Å².